The first-order valence-corrected chi connectivity index (χ1v) is 12.4. The van der Waals surface area contributed by atoms with E-state index in [2.05, 4.69) is 4.74 Å². The Morgan fingerprint density at radius 3 is 2.38 bits per heavy atom. The molecule has 4 rings (SSSR count). The molecule has 2 heterocycles. The summed E-state index contributed by atoms with van der Waals surface area (Å²) in [4.78, 5) is 39.0. The minimum absolute atomic E-state index is 0.0188. The highest BCUT2D eigenvalue weighted by atomic mass is 32.2. The third-order valence-corrected chi connectivity index (χ3v) is 7.94. The number of benzene rings is 2. The van der Waals surface area contributed by atoms with Crippen molar-refractivity contribution >= 4 is 33.5 Å². The van der Waals surface area contributed by atoms with E-state index in [1.54, 1.807) is 12.1 Å². The van der Waals surface area contributed by atoms with E-state index in [1.807, 2.05) is 6.92 Å². The molecule has 0 radical (unpaired) electrons. The zero-order chi connectivity index (χ0) is 24.5. The van der Waals surface area contributed by atoms with Crippen molar-refractivity contribution < 1.29 is 32.3 Å². The number of hydrogen-bond donors (Lipinski definition) is 0. The first kappa shape index (κ1) is 24.1. The standard InChI is InChI=1S/C24H26N2O7S/c1-16-5-11-20(12-6-16)34(30,31)25(15-19-4-3-13-33-19)21-14-22(27)26(23(21)28)18-9-7-17(8-10-18)24(29)32-2/h5-12,19,21H,3-4,13-15H2,1-2H3. The van der Waals surface area contributed by atoms with Crippen molar-refractivity contribution in [2.75, 3.05) is 25.2 Å². The van der Waals surface area contributed by atoms with Crippen molar-refractivity contribution in [3.8, 4) is 0 Å². The van der Waals surface area contributed by atoms with Crippen LogP contribution in [-0.4, -0.2) is 62.9 Å². The first-order chi connectivity index (χ1) is 16.2. The molecule has 9 nitrogen and oxygen atoms in total. The highest BCUT2D eigenvalue weighted by Gasteiger charge is 2.47. The maximum Gasteiger partial charge on any atom is 0.337 e. The maximum atomic E-state index is 13.6. The fourth-order valence-corrected chi connectivity index (χ4v) is 5.82. The van der Waals surface area contributed by atoms with Crippen molar-refractivity contribution in [2.24, 2.45) is 0 Å². The van der Waals surface area contributed by atoms with Crippen molar-refractivity contribution in [1.29, 1.82) is 0 Å². The largest absolute Gasteiger partial charge is 0.465 e. The van der Waals surface area contributed by atoms with Crippen LogP contribution in [0.3, 0.4) is 0 Å². The second kappa shape index (κ2) is 9.65. The topological polar surface area (TPSA) is 110 Å². The summed E-state index contributed by atoms with van der Waals surface area (Å²) in [5, 5.41) is 0. The number of imide groups is 1. The number of anilines is 1. The molecule has 2 amide bonds. The van der Waals surface area contributed by atoms with Gasteiger partial charge in [0.05, 0.1) is 35.8 Å². The molecule has 0 saturated carbocycles. The molecule has 0 spiro atoms. The summed E-state index contributed by atoms with van der Waals surface area (Å²) in [5.74, 6) is -1.70. The van der Waals surface area contributed by atoms with Gasteiger partial charge < -0.3 is 9.47 Å². The van der Waals surface area contributed by atoms with Gasteiger partial charge in [0.25, 0.3) is 5.91 Å². The summed E-state index contributed by atoms with van der Waals surface area (Å²) < 4.78 is 38.6. The number of rotatable bonds is 7. The number of sulfonamides is 1. The van der Waals surface area contributed by atoms with Crippen molar-refractivity contribution in [3.63, 3.8) is 0 Å². The van der Waals surface area contributed by atoms with Gasteiger partial charge in [-0.15, -0.1) is 0 Å². The average molecular weight is 487 g/mol. The van der Waals surface area contributed by atoms with Crippen LogP contribution in [0, 0.1) is 6.92 Å². The van der Waals surface area contributed by atoms with Crippen LogP contribution in [0.2, 0.25) is 0 Å². The van der Waals surface area contributed by atoms with Gasteiger partial charge in [-0.3, -0.25) is 9.59 Å². The minimum Gasteiger partial charge on any atom is -0.465 e. The number of carbonyl (C=O) groups is 3. The summed E-state index contributed by atoms with van der Waals surface area (Å²) >= 11 is 0. The number of aryl methyl sites for hydroxylation is 1. The number of esters is 1. The second-order valence-electron chi connectivity index (χ2n) is 8.35. The number of amides is 2. The lowest BCUT2D eigenvalue weighted by Gasteiger charge is -2.29. The summed E-state index contributed by atoms with van der Waals surface area (Å²) in [6, 6.07) is 11.0. The number of nitrogens with zero attached hydrogens (tertiary/aromatic N) is 2. The van der Waals surface area contributed by atoms with E-state index in [4.69, 9.17) is 4.74 Å². The SMILES string of the molecule is COC(=O)c1ccc(N2C(=O)CC(N(CC3CCCO3)S(=O)(=O)c3ccc(C)cc3)C2=O)cc1. The minimum atomic E-state index is -4.08. The van der Waals surface area contributed by atoms with E-state index < -0.39 is 33.8 Å². The summed E-state index contributed by atoms with van der Waals surface area (Å²) in [7, 11) is -2.82. The van der Waals surface area contributed by atoms with Crippen molar-refractivity contribution in [1.82, 2.24) is 4.31 Å². The lowest BCUT2D eigenvalue weighted by molar-refractivity contribution is -0.122. The highest BCUT2D eigenvalue weighted by Crippen LogP contribution is 2.31. The summed E-state index contributed by atoms with van der Waals surface area (Å²) in [6.07, 6.45) is 0.846. The quantitative estimate of drug-likeness (QED) is 0.436. The normalized spacial score (nSPS) is 20.9. The Labute approximate surface area is 198 Å². The van der Waals surface area contributed by atoms with Gasteiger partial charge in [-0.2, -0.15) is 4.31 Å². The van der Waals surface area contributed by atoms with Crippen molar-refractivity contribution in [2.45, 2.75) is 43.2 Å². The van der Waals surface area contributed by atoms with E-state index in [-0.39, 0.29) is 35.2 Å². The average Bonchev–Trinajstić information content (AvgIpc) is 3.44. The molecule has 2 atom stereocenters. The van der Waals surface area contributed by atoms with Crippen LogP contribution >= 0.6 is 0 Å². The predicted molar refractivity (Wildman–Crippen MR) is 123 cm³/mol. The monoisotopic (exact) mass is 486 g/mol. The van der Waals surface area contributed by atoms with Gasteiger partial charge in [0.1, 0.15) is 6.04 Å². The van der Waals surface area contributed by atoms with Gasteiger partial charge in [0.2, 0.25) is 15.9 Å². The molecule has 180 valence electrons. The van der Waals surface area contributed by atoms with Crippen LogP contribution < -0.4 is 4.90 Å². The number of hydrogen-bond acceptors (Lipinski definition) is 7. The van der Waals surface area contributed by atoms with E-state index >= 15 is 0 Å². The Balaban J connectivity index is 1.66. The molecular weight excluding hydrogens is 460 g/mol. The highest BCUT2D eigenvalue weighted by molar-refractivity contribution is 7.89. The fraction of sp³-hybridized carbons (Fsp3) is 0.375. The zero-order valence-corrected chi connectivity index (χ0v) is 19.8. The van der Waals surface area contributed by atoms with Gasteiger partial charge in [0, 0.05) is 13.2 Å². The van der Waals surface area contributed by atoms with Gasteiger partial charge in [-0.05, 0) is 56.2 Å². The number of ether oxygens (including phenoxy) is 2. The number of carbonyl (C=O) groups excluding carboxylic acids is 3. The molecule has 2 aliphatic heterocycles. The van der Waals surface area contributed by atoms with Gasteiger partial charge in [-0.25, -0.2) is 18.1 Å². The summed E-state index contributed by atoms with van der Waals surface area (Å²) in [6.45, 7) is 2.36. The molecular formula is C24H26N2O7S. The third kappa shape index (κ3) is 4.61. The Morgan fingerprint density at radius 1 is 1.12 bits per heavy atom. The smallest absolute Gasteiger partial charge is 0.337 e. The summed E-state index contributed by atoms with van der Waals surface area (Å²) in [5.41, 5.74) is 1.43. The molecule has 0 aliphatic carbocycles. The Bertz CT molecular complexity index is 1190. The van der Waals surface area contributed by atoms with Crippen LogP contribution in [0.1, 0.15) is 35.2 Å². The lowest BCUT2D eigenvalue weighted by atomic mass is 10.2. The number of methoxy groups -OCH3 is 1. The molecule has 2 unspecified atom stereocenters. The van der Waals surface area contributed by atoms with E-state index in [0.717, 1.165) is 21.2 Å². The van der Waals surface area contributed by atoms with E-state index in [1.165, 1.54) is 43.5 Å². The van der Waals surface area contributed by atoms with Gasteiger partial charge in [-0.1, -0.05) is 17.7 Å². The van der Waals surface area contributed by atoms with Crippen LogP contribution in [0.15, 0.2) is 53.4 Å². The Kier molecular flexibility index (Phi) is 6.83. The molecule has 2 aromatic carbocycles. The molecule has 2 aliphatic rings. The maximum absolute atomic E-state index is 13.6. The molecule has 10 heteroatoms. The molecule has 34 heavy (non-hydrogen) atoms. The predicted octanol–water partition coefficient (Wildman–Crippen LogP) is 2.28. The van der Waals surface area contributed by atoms with Gasteiger partial charge >= 0.3 is 5.97 Å². The van der Waals surface area contributed by atoms with Crippen molar-refractivity contribution in [3.05, 3.63) is 59.7 Å². The van der Waals surface area contributed by atoms with Crippen LogP contribution in [0.5, 0.6) is 0 Å². The molecule has 2 saturated heterocycles. The third-order valence-electron chi connectivity index (χ3n) is 6.05. The zero-order valence-electron chi connectivity index (χ0n) is 19.0. The molecule has 2 fully saturated rings. The second-order valence-corrected chi connectivity index (χ2v) is 10.2. The molecule has 2 aromatic rings. The van der Waals surface area contributed by atoms with Gasteiger partial charge in [0.15, 0.2) is 0 Å². The van der Waals surface area contributed by atoms with E-state index in [0.29, 0.717) is 13.0 Å². The Morgan fingerprint density at radius 2 is 1.79 bits per heavy atom. The Hall–Kier alpha value is -3.08. The van der Waals surface area contributed by atoms with Crippen LogP contribution in [0.4, 0.5) is 5.69 Å². The fourth-order valence-electron chi connectivity index (χ4n) is 4.20. The van der Waals surface area contributed by atoms with E-state index in [9.17, 15) is 22.8 Å². The molecule has 0 N–H and O–H groups in total. The first-order valence-electron chi connectivity index (χ1n) is 11.0. The lowest BCUT2D eigenvalue weighted by Crippen LogP contribution is -2.48. The van der Waals surface area contributed by atoms with Crippen LogP contribution in [0.25, 0.3) is 0 Å². The molecule has 0 aromatic heterocycles. The van der Waals surface area contributed by atoms with Crippen LogP contribution in [-0.2, 0) is 29.1 Å². The molecule has 0 bridgehead atoms.